The number of rotatable bonds is 19. The van der Waals surface area contributed by atoms with Gasteiger partial charge in [0.2, 0.25) is 11.8 Å². The molecule has 2 amide bonds. The number of nitrogens with one attached hydrogen (secondary N) is 4. The predicted octanol–water partition coefficient (Wildman–Crippen LogP) is -2.28. The van der Waals surface area contributed by atoms with Crippen molar-refractivity contribution in [2.45, 2.75) is 57.5 Å². The van der Waals surface area contributed by atoms with Gasteiger partial charge < -0.3 is 30.6 Å². The van der Waals surface area contributed by atoms with E-state index >= 15 is 0 Å². The molecular formula is C28H41N7O6S. The molecule has 2 aromatic rings. The Morgan fingerprint density at radius 2 is 1.76 bits per heavy atom. The summed E-state index contributed by atoms with van der Waals surface area (Å²) in [5.41, 5.74) is 12.1. The molecule has 1 aromatic carbocycles. The number of thioether (sulfide) groups is 1. The lowest BCUT2D eigenvalue weighted by molar-refractivity contribution is -0.459. The van der Waals surface area contributed by atoms with E-state index < -0.39 is 41.6 Å². The molecule has 0 aliphatic rings. The van der Waals surface area contributed by atoms with E-state index in [2.05, 4.69) is 25.6 Å². The van der Waals surface area contributed by atoms with Crippen LogP contribution in [0.5, 0.6) is 5.75 Å². The number of guanidine groups is 1. The summed E-state index contributed by atoms with van der Waals surface area (Å²) < 4.78 is 0. The van der Waals surface area contributed by atoms with Crippen LogP contribution in [0.2, 0.25) is 0 Å². The Kier molecular flexibility index (Phi) is 14.4. The third-order valence-corrected chi connectivity index (χ3v) is 7.37. The van der Waals surface area contributed by atoms with Gasteiger partial charge in [0, 0.05) is 30.7 Å². The Morgan fingerprint density at radius 3 is 2.36 bits per heavy atom. The molecule has 230 valence electrons. The van der Waals surface area contributed by atoms with E-state index in [0.29, 0.717) is 36.4 Å². The number of benzene rings is 1. The lowest BCUT2D eigenvalue weighted by atomic mass is 9.90. The Balaban J connectivity index is 2.23. The Hall–Kier alpha value is -4.07. The zero-order valence-corrected chi connectivity index (χ0v) is 24.7. The molecular weight excluding hydrogens is 562 g/mol. The molecule has 0 spiro atoms. The molecule has 0 radical (unpaired) electrons. The number of H-pyrrole nitrogens is 1. The number of aromatic hydroxyl groups is 1. The molecule has 1 aromatic heterocycles. The van der Waals surface area contributed by atoms with E-state index in [1.807, 2.05) is 6.26 Å². The highest BCUT2D eigenvalue weighted by atomic mass is 32.2. The predicted molar refractivity (Wildman–Crippen MR) is 157 cm³/mol. The van der Waals surface area contributed by atoms with Gasteiger partial charge in [-0.15, -0.1) is 0 Å². The minimum atomic E-state index is -1.40. The molecule has 0 fully saturated rings. The molecule has 4 atom stereocenters. The smallest absolute Gasteiger partial charge is 0.338 e. The van der Waals surface area contributed by atoms with Crippen molar-refractivity contribution in [3.8, 4) is 5.75 Å². The van der Waals surface area contributed by atoms with Crippen LogP contribution in [0, 0.1) is 11.8 Å². The normalized spacial score (nSPS) is 13.8. The third kappa shape index (κ3) is 12.2. The number of imidazole rings is 1. The van der Waals surface area contributed by atoms with Crippen LogP contribution >= 0.6 is 11.8 Å². The molecule has 14 heteroatoms. The number of carboxylic acids is 1. The second-order valence-electron chi connectivity index (χ2n) is 10.2. The number of phenolic OH excluding ortho intramolecular Hbond substituents is 1. The summed E-state index contributed by atoms with van der Waals surface area (Å²) in [5.74, 6) is -3.46. The number of ketones is 1. The number of phenols is 1. The standard InChI is InChI=1S/C28H41N7O6S/c1-17(4-3-10-32-28(29)30)25(38)35-23(12-18-5-7-21(36)8-6-18)24(37)14-19(13-20-15-31-16-33-20)26(39)34-22(27(40)41)9-11-42-2/h5-8,15-17,19,22-23,36H,3-4,9-14H2,1-2H3,(H,31,33)(H,34,39)(H,35,38)(H,40,41)(H4,29,30,32). The van der Waals surface area contributed by atoms with Gasteiger partial charge in [0.05, 0.1) is 36.8 Å². The van der Waals surface area contributed by atoms with E-state index in [4.69, 9.17) is 11.5 Å². The lowest BCUT2D eigenvalue weighted by Gasteiger charge is -2.25. The number of Topliss-reactive ketones (excluding diaryl/α,β-unsaturated/α-hetero) is 1. The van der Waals surface area contributed by atoms with Gasteiger partial charge in [-0.1, -0.05) is 19.1 Å². The van der Waals surface area contributed by atoms with Gasteiger partial charge in [0.25, 0.3) is 0 Å². The van der Waals surface area contributed by atoms with Gasteiger partial charge in [-0.2, -0.15) is 11.8 Å². The number of hydrogen-bond donors (Lipinski definition) is 7. The summed E-state index contributed by atoms with van der Waals surface area (Å²) in [6.45, 7) is 2.24. The third-order valence-electron chi connectivity index (χ3n) is 6.72. The van der Waals surface area contributed by atoms with Gasteiger partial charge in [-0.25, -0.2) is 4.98 Å². The first-order valence-electron chi connectivity index (χ1n) is 13.7. The Labute approximate surface area is 249 Å². The number of aromatic amines is 1. The first kappa shape index (κ1) is 34.1. The maximum atomic E-state index is 13.7. The number of hydrogen-bond acceptors (Lipinski definition) is 8. The first-order valence-corrected chi connectivity index (χ1v) is 15.1. The van der Waals surface area contributed by atoms with Crippen molar-refractivity contribution in [2.24, 2.45) is 23.3 Å². The number of nitrogens with zero attached hydrogens (tertiary/aromatic N) is 1. The van der Waals surface area contributed by atoms with E-state index in [0.717, 1.165) is 0 Å². The van der Waals surface area contributed by atoms with Crippen LogP contribution in [-0.4, -0.2) is 75.2 Å². The SMILES string of the molecule is CSCCC(NC(=O)C(CC(=O)C(Cc1ccc(O)cc1)NC(=O)C(C)CCC[NH+]=C(N)N)Cc1cnc[nH]1)C(=O)[O-]. The summed E-state index contributed by atoms with van der Waals surface area (Å²) >= 11 is 1.44. The number of carboxylic acid groups (broad SMARTS) is 1. The highest BCUT2D eigenvalue weighted by Crippen LogP contribution is 2.18. The Bertz CT molecular complexity index is 1190. The minimum absolute atomic E-state index is 0.0588. The van der Waals surface area contributed by atoms with Crippen molar-refractivity contribution in [3.63, 3.8) is 0 Å². The molecule has 42 heavy (non-hydrogen) atoms. The molecule has 2 rings (SSSR count). The first-order chi connectivity index (χ1) is 20.0. The van der Waals surface area contributed by atoms with Gasteiger partial charge in [0.15, 0.2) is 5.78 Å². The molecule has 13 nitrogen and oxygen atoms in total. The summed E-state index contributed by atoms with van der Waals surface area (Å²) in [7, 11) is 0. The Morgan fingerprint density at radius 1 is 1.07 bits per heavy atom. The van der Waals surface area contributed by atoms with E-state index in [1.165, 1.54) is 36.4 Å². The average Bonchev–Trinajstić information content (AvgIpc) is 3.46. The number of carbonyl (C=O) groups is 4. The molecule has 0 saturated carbocycles. The fraction of sp³-hybridized carbons (Fsp3) is 0.500. The number of nitrogens with two attached hydrogens (primary N) is 2. The fourth-order valence-corrected chi connectivity index (χ4v) is 4.75. The van der Waals surface area contributed by atoms with Crippen molar-refractivity contribution >= 4 is 41.3 Å². The number of carbonyl (C=O) groups excluding carboxylic acids is 4. The van der Waals surface area contributed by atoms with E-state index in [9.17, 15) is 29.4 Å². The van der Waals surface area contributed by atoms with Crippen molar-refractivity contribution < 1.29 is 34.4 Å². The van der Waals surface area contributed by atoms with Crippen LogP contribution in [0.3, 0.4) is 0 Å². The number of aliphatic carboxylic acids is 1. The highest BCUT2D eigenvalue weighted by Gasteiger charge is 2.30. The van der Waals surface area contributed by atoms with Crippen molar-refractivity contribution in [1.82, 2.24) is 20.6 Å². The zero-order valence-electron chi connectivity index (χ0n) is 23.9. The topological polar surface area (TPSA) is 230 Å². The zero-order chi connectivity index (χ0) is 31.1. The molecule has 0 bridgehead atoms. The minimum Gasteiger partial charge on any atom is -0.548 e. The van der Waals surface area contributed by atoms with Crippen LogP contribution in [0.25, 0.3) is 0 Å². The van der Waals surface area contributed by atoms with E-state index in [-0.39, 0.29) is 43.3 Å². The summed E-state index contributed by atoms with van der Waals surface area (Å²) in [6.07, 6.45) is 6.06. The van der Waals surface area contributed by atoms with Gasteiger partial charge >= 0.3 is 5.96 Å². The van der Waals surface area contributed by atoms with Crippen LogP contribution < -0.4 is 32.2 Å². The molecule has 9 N–H and O–H groups in total. The van der Waals surface area contributed by atoms with Gasteiger partial charge in [-0.3, -0.25) is 30.8 Å². The fourth-order valence-electron chi connectivity index (χ4n) is 4.28. The second-order valence-corrected chi connectivity index (χ2v) is 11.2. The quantitative estimate of drug-likeness (QED) is 0.0516. The largest absolute Gasteiger partial charge is 0.548 e. The van der Waals surface area contributed by atoms with Crippen LogP contribution in [0.4, 0.5) is 0 Å². The molecule has 0 aliphatic heterocycles. The monoisotopic (exact) mass is 603 g/mol. The molecule has 4 unspecified atom stereocenters. The number of amides is 2. The summed E-state index contributed by atoms with van der Waals surface area (Å²) in [6, 6.07) is 4.08. The highest BCUT2D eigenvalue weighted by molar-refractivity contribution is 7.98. The van der Waals surface area contributed by atoms with Crippen molar-refractivity contribution in [2.75, 3.05) is 18.6 Å². The lowest BCUT2D eigenvalue weighted by Crippen LogP contribution is -2.78. The van der Waals surface area contributed by atoms with Crippen molar-refractivity contribution in [1.29, 1.82) is 0 Å². The maximum Gasteiger partial charge on any atom is 0.338 e. The molecule has 0 saturated heterocycles. The number of aromatic nitrogens is 2. The average molecular weight is 604 g/mol. The van der Waals surface area contributed by atoms with Gasteiger partial charge in [-0.05, 0) is 55.4 Å². The molecule has 0 aliphatic carbocycles. The van der Waals surface area contributed by atoms with Crippen LogP contribution in [0.1, 0.15) is 43.9 Å². The maximum absolute atomic E-state index is 13.7. The van der Waals surface area contributed by atoms with Crippen LogP contribution in [-0.2, 0) is 32.0 Å². The van der Waals surface area contributed by atoms with Gasteiger partial charge in [0.1, 0.15) is 5.75 Å². The van der Waals surface area contributed by atoms with Crippen LogP contribution in [0.15, 0.2) is 36.8 Å². The summed E-state index contributed by atoms with van der Waals surface area (Å²) in [5, 5.41) is 26.7. The van der Waals surface area contributed by atoms with Crippen molar-refractivity contribution in [3.05, 3.63) is 48.0 Å². The molecule has 1 heterocycles. The second kappa shape index (κ2) is 17.7. The van der Waals surface area contributed by atoms with E-state index in [1.54, 1.807) is 19.1 Å². The summed E-state index contributed by atoms with van der Waals surface area (Å²) in [4.78, 5) is 61.4.